The van der Waals surface area contributed by atoms with Crippen LogP contribution in [0.15, 0.2) is 0 Å². The lowest BCUT2D eigenvalue weighted by atomic mass is 9.96. The van der Waals surface area contributed by atoms with E-state index in [2.05, 4.69) is 0 Å². The van der Waals surface area contributed by atoms with Crippen LogP contribution in [0.5, 0.6) is 0 Å². The zero-order chi connectivity index (χ0) is 12.5. The van der Waals surface area contributed by atoms with Gasteiger partial charge in [-0.25, -0.2) is 0 Å². The molecule has 0 aromatic carbocycles. The summed E-state index contributed by atoms with van der Waals surface area (Å²) in [6, 6.07) is -0.427. The van der Waals surface area contributed by atoms with Gasteiger partial charge in [-0.2, -0.15) is 0 Å². The summed E-state index contributed by atoms with van der Waals surface area (Å²) in [5, 5.41) is 9.54. The van der Waals surface area contributed by atoms with E-state index in [4.69, 9.17) is 0 Å². The van der Waals surface area contributed by atoms with Crippen LogP contribution >= 0.6 is 0 Å². The summed E-state index contributed by atoms with van der Waals surface area (Å²) in [4.78, 5) is 25.0. The van der Waals surface area contributed by atoms with E-state index < -0.39 is 12.1 Å². The molecular formula is C12H21NO3. The van der Waals surface area contributed by atoms with E-state index in [1.165, 1.54) is 11.8 Å². The number of hydrogen-bond acceptors (Lipinski definition) is 3. The largest absolute Gasteiger partial charge is 0.391 e. The molecule has 0 spiro atoms. The van der Waals surface area contributed by atoms with E-state index in [1.807, 2.05) is 20.8 Å². The van der Waals surface area contributed by atoms with Crippen molar-refractivity contribution in [1.82, 2.24) is 4.90 Å². The van der Waals surface area contributed by atoms with Gasteiger partial charge in [0.05, 0.1) is 12.1 Å². The molecule has 0 aliphatic carbocycles. The molecule has 1 aliphatic heterocycles. The zero-order valence-electron chi connectivity index (χ0n) is 10.4. The minimum atomic E-state index is -0.558. The summed E-state index contributed by atoms with van der Waals surface area (Å²) >= 11 is 0. The van der Waals surface area contributed by atoms with Crippen molar-refractivity contribution in [1.29, 1.82) is 0 Å². The van der Waals surface area contributed by atoms with Crippen molar-refractivity contribution >= 4 is 11.7 Å². The van der Waals surface area contributed by atoms with Gasteiger partial charge in [0, 0.05) is 18.9 Å². The fraction of sp³-hybridized carbons (Fsp3) is 0.833. The predicted octanol–water partition coefficient (Wildman–Crippen LogP) is 0.829. The maximum absolute atomic E-state index is 12.1. The zero-order valence-corrected chi connectivity index (χ0v) is 10.4. The van der Waals surface area contributed by atoms with Crippen molar-refractivity contribution < 1.29 is 14.7 Å². The Morgan fingerprint density at radius 1 is 1.31 bits per heavy atom. The van der Waals surface area contributed by atoms with Crippen LogP contribution in [0.1, 0.15) is 34.1 Å². The van der Waals surface area contributed by atoms with Gasteiger partial charge < -0.3 is 10.0 Å². The first-order chi connectivity index (χ1) is 7.34. The molecule has 3 atom stereocenters. The Hall–Kier alpha value is -0.900. The van der Waals surface area contributed by atoms with E-state index in [9.17, 15) is 14.7 Å². The lowest BCUT2D eigenvalue weighted by Crippen LogP contribution is -2.43. The van der Waals surface area contributed by atoms with Crippen molar-refractivity contribution in [3.63, 3.8) is 0 Å². The summed E-state index contributed by atoms with van der Waals surface area (Å²) in [5.41, 5.74) is 0. The summed E-state index contributed by atoms with van der Waals surface area (Å²) in [6.07, 6.45) is -0.177. The van der Waals surface area contributed by atoms with Crippen molar-refractivity contribution in [2.75, 3.05) is 6.54 Å². The van der Waals surface area contributed by atoms with Gasteiger partial charge in [-0.15, -0.1) is 0 Å². The highest BCUT2D eigenvalue weighted by Gasteiger charge is 2.38. The number of ketones is 1. The summed E-state index contributed by atoms with van der Waals surface area (Å²) in [5.74, 6) is 0.0811. The monoisotopic (exact) mass is 227 g/mol. The Bertz CT molecular complexity index is 288. The Balaban J connectivity index is 2.78. The van der Waals surface area contributed by atoms with Crippen molar-refractivity contribution in [3.8, 4) is 0 Å². The molecule has 0 aromatic rings. The highest BCUT2D eigenvalue weighted by Crippen LogP contribution is 2.23. The van der Waals surface area contributed by atoms with Crippen LogP contribution in [0.25, 0.3) is 0 Å². The lowest BCUT2D eigenvalue weighted by molar-refractivity contribution is -0.141. The maximum Gasteiger partial charge on any atom is 0.226 e. The number of β-amino-alcohol motifs (C(OH)–C–C–N with tert-alkyl or cyclic N) is 1. The van der Waals surface area contributed by atoms with Crippen LogP contribution in [0.4, 0.5) is 0 Å². The van der Waals surface area contributed by atoms with Crippen molar-refractivity contribution in [2.45, 2.75) is 46.3 Å². The molecule has 4 nitrogen and oxygen atoms in total. The fourth-order valence-corrected chi connectivity index (χ4v) is 1.99. The van der Waals surface area contributed by atoms with E-state index in [-0.39, 0.29) is 23.5 Å². The van der Waals surface area contributed by atoms with Gasteiger partial charge in [-0.05, 0) is 12.8 Å². The van der Waals surface area contributed by atoms with Gasteiger partial charge in [0.25, 0.3) is 0 Å². The molecule has 1 saturated heterocycles. The number of aliphatic hydroxyl groups excluding tert-OH is 1. The third-order valence-electron chi connectivity index (χ3n) is 3.42. The summed E-state index contributed by atoms with van der Waals surface area (Å²) in [6.45, 7) is 7.60. The Morgan fingerprint density at radius 3 is 2.31 bits per heavy atom. The van der Waals surface area contributed by atoms with Crippen LogP contribution in [0.3, 0.4) is 0 Å². The minimum absolute atomic E-state index is 0.0215. The molecule has 1 N–H and O–H groups in total. The molecule has 1 amide bonds. The first-order valence-electron chi connectivity index (χ1n) is 5.83. The number of likely N-dealkylation sites (tertiary alicyclic amines) is 1. The molecule has 0 unspecified atom stereocenters. The number of carbonyl (C=O) groups is 2. The second-order valence-electron chi connectivity index (χ2n) is 5.04. The second-order valence-corrected chi connectivity index (χ2v) is 5.04. The third-order valence-corrected chi connectivity index (χ3v) is 3.42. The van der Waals surface area contributed by atoms with Gasteiger partial charge in [0.1, 0.15) is 0 Å². The number of aliphatic hydroxyl groups is 1. The lowest BCUT2D eigenvalue weighted by Gasteiger charge is -2.27. The normalized spacial score (nSPS) is 27.2. The summed E-state index contributed by atoms with van der Waals surface area (Å²) in [7, 11) is 0. The Morgan fingerprint density at radius 2 is 1.88 bits per heavy atom. The average molecular weight is 227 g/mol. The molecule has 1 rings (SSSR count). The first-order valence-corrected chi connectivity index (χ1v) is 5.83. The number of Topliss-reactive ketones (excluding diaryl/α,β-unsaturated/α-hetero) is 1. The number of rotatable bonds is 3. The smallest absolute Gasteiger partial charge is 0.226 e. The minimum Gasteiger partial charge on any atom is -0.391 e. The van der Waals surface area contributed by atoms with Crippen LogP contribution in [0.2, 0.25) is 0 Å². The van der Waals surface area contributed by atoms with E-state index in [0.717, 1.165) is 0 Å². The van der Waals surface area contributed by atoms with Gasteiger partial charge in [-0.1, -0.05) is 20.8 Å². The average Bonchev–Trinajstić information content (AvgIpc) is 2.58. The molecule has 16 heavy (non-hydrogen) atoms. The van der Waals surface area contributed by atoms with Crippen LogP contribution in [0, 0.1) is 11.8 Å². The van der Waals surface area contributed by atoms with Gasteiger partial charge in [-0.3, -0.25) is 9.59 Å². The van der Waals surface area contributed by atoms with Gasteiger partial charge in [0.2, 0.25) is 5.91 Å². The number of carbonyl (C=O) groups excluding carboxylic acids is 2. The SMILES string of the molecule is CC(=O)[C@@H]1C[C@H](O)CN1C(=O)[C@@H](C)C(C)C. The molecular weight excluding hydrogens is 206 g/mol. The fourth-order valence-electron chi connectivity index (χ4n) is 1.99. The van der Waals surface area contributed by atoms with Crippen LogP contribution < -0.4 is 0 Å². The number of nitrogens with zero attached hydrogens (tertiary/aromatic N) is 1. The third kappa shape index (κ3) is 2.61. The highest BCUT2D eigenvalue weighted by atomic mass is 16.3. The highest BCUT2D eigenvalue weighted by molar-refractivity contribution is 5.89. The van der Waals surface area contributed by atoms with E-state index >= 15 is 0 Å². The number of amides is 1. The second kappa shape index (κ2) is 4.95. The van der Waals surface area contributed by atoms with Crippen molar-refractivity contribution in [2.24, 2.45) is 11.8 Å². The van der Waals surface area contributed by atoms with Crippen molar-refractivity contribution in [3.05, 3.63) is 0 Å². The molecule has 0 bridgehead atoms. The molecule has 92 valence electrons. The molecule has 1 heterocycles. The Kier molecular flexibility index (Phi) is 4.08. The maximum atomic E-state index is 12.1. The molecule has 1 fully saturated rings. The quantitative estimate of drug-likeness (QED) is 0.777. The van der Waals surface area contributed by atoms with E-state index in [0.29, 0.717) is 13.0 Å². The first kappa shape index (κ1) is 13.2. The van der Waals surface area contributed by atoms with Gasteiger partial charge in [0.15, 0.2) is 5.78 Å². The summed E-state index contributed by atoms with van der Waals surface area (Å²) < 4.78 is 0. The standard InChI is InChI=1S/C12H21NO3/c1-7(2)8(3)12(16)13-6-10(15)5-11(13)9(4)14/h7-8,10-11,15H,5-6H2,1-4H3/t8-,10-,11-/m0/s1. The van der Waals surface area contributed by atoms with Crippen LogP contribution in [-0.2, 0) is 9.59 Å². The van der Waals surface area contributed by atoms with E-state index in [1.54, 1.807) is 0 Å². The molecule has 4 heteroatoms. The topological polar surface area (TPSA) is 57.6 Å². The van der Waals surface area contributed by atoms with Gasteiger partial charge >= 0.3 is 0 Å². The molecule has 1 aliphatic rings. The Labute approximate surface area is 96.6 Å². The molecule has 0 radical (unpaired) electrons. The molecule has 0 saturated carbocycles. The predicted molar refractivity (Wildman–Crippen MR) is 60.8 cm³/mol. The molecule has 0 aromatic heterocycles. The number of hydrogen-bond donors (Lipinski definition) is 1. The van der Waals surface area contributed by atoms with Crippen LogP contribution in [-0.4, -0.2) is 40.4 Å².